The molecule has 0 saturated carbocycles. The molecular formula is C16H17NO. The molecule has 0 aliphatic heterocycles. The molecule has 0 heterocycles. The first kappa shape index (κ1) is 11.5. The molecule has 2 aromatic rings. The predicted molar refractivity (Wildman–Crippen MR) is 73.4 cm³/mol. The van der Waals surface area contributed by atoms with Gasteiger partial charge in [0, 0.05) is 6.54 Å². The van der Waals surface area contributed by atoms with Gasteiger partial charge in [0.05, 0.1) is 12.6 Å². The minimum atomic E-state index is 0.192. The van der Waals surface area contributed by atoms with E-state index in [2.05, 4.69) is 60.5 Å². The van der Waals surface area contributed by atoms with Gasteiger partial charge in [-0.1, -0.05) is 48.5 Å². The van der Waals surface area contributed by atoms with Crippen LogP contribution >= 0.6 is 0 Å². The molecule has 0 radical (unpaired) electrons. The summed E-state index contributed by atoms with van der Waals surface area (Å²) >= 11 is 0. The largest absolute Gasteiger partial charge is 0.395 e. The number of likely N-dealkylation sites (N-methyl/N-ethyl adjacent to an activating group) is 1. The molecule has 3 rings (SSSR count). The fourth-order valence-electron chi connectivity index (χ4n) is 2.89. The SMILES string of the molecule is CN(CCO)C1c2ccccc2-c2ccccc21. The lowest BCUT2D eigenvalue weighted by molar-refractivity contribution is 0.199. The number of fused-ring (bicyclic) bond motifs is 3. The molecule has 0 bridgehead atoms. The van der Waals surface area contributed by atoms with E-state index in [0.717, 1.165) is 0 Å². The third-order valence-corrected chi connectivity index (χ3v) is 3.69. The Morgan fingerprint density at radius 1 is 0.944 bits per heavy atom. The van der Waals surface area contributed by atoms with E-state index >= 15 is 0 Å². The summed E-state index contributed by atoms with van der Waals surface area (Å²) in [5, 5.41) is 9.15. The van der Waals surface area contributed by atoms with Crippen molar-refractivity contribution in [3.8, 4) is 11.1 Å². The molecule has 1 N–H and O–H groups in total. The number of nitrogens with zero attached hydrogens (tertiary/aromatic N) is 1. The minimum absolute atomic E-state index is 0.192. The van der Waals surface area contributed by atoms with Crippen LogP contribution in [0.5, 0.6) is 0 Å². The van der Waals surface area contributed by atoms with Gasteiger partial charge in [-0.3, -0.25) is 4.90 Å². The van der Waals surface area contributed by atoms with Crippen molar-refractivity contribution < 1.29 is 5.11 Å². The Balaban J connectivity index is 2.14. The van der Waals surface area contributed by atoms with Gasteiger partial charge in [0.15, 0.2) is 0 Å². The van der Waals surface area contributed by atoms with Crippen molar-refractivity contribution in [2.45, 2.75) is 6.04 Å². The number of hydrogen-bond acceptors (Lipinski definition) is 2. The third kappa shape index (κ3) is 1.65. The van der Waals surface area contributed by atoms with E-state index in [1.54, 1.807) is 0 Å². The van der Waals surface area contributed by atoms with E-state index in [4.69, 9.17) is 5.11 Å². The Kier molecular flexibility index (Phi) is 2.90. The van der Waals surface area contributed by atoms with Crippen molar-refractivity contribution in [1.82, 2.24) is 4.90 Å². The summed E-state index contributed by atoms with van der Waals surface area (Å²) in [4.78, 5) is 2.21. The number of benzene rings is 2. The van der Waals surface area contributed by atoms with Crippen LogP contribution in [0.15, 0.2) is 48.5 Å². The molecule has 0 fully saturated rings. The molecule has 2 aromatic carbocycles. The average molecular weight is 239 g/mol. The topological polar surface area (TPSA) is 23.5 Å². The highest BCUT2D eigenvalue weighted by atomic mass is 16.3. The highest BCUT2D eigenvalue weighted by Gasteiger charge is 2.30. The first-order valence-electron chi connectivity index (χ1n) is 6.32. The van der Waals surface area contributed by atoms with Gasteiger partial charge < -0.3 is 5.11 Å². The maximum absolute atomic E-state index is 9.15. The van der Waals surface area contributed by atoms with Gasteiger partial charge in [-0.05, 0) is 29.3 Å². The smallest absolute Gasteiger partial charge is 0.0612 e. The monoisotopic (exact) mass is 239 g/mol. The van der Waals surface area contributed by atoms with Crippen molar-refractivity contribution >= 4 is 0 Å². The first-order chi connectivity index (χ1) is 8.83. The quantitative estimate of drug-likeness (QED) is 0.890. The highest BCUT2D eigenvalue weighted by molar-refractivity contribution is 5.78. The van der Waals surface area contributed by atoms with Crippen molar-refractivity contribution in [3.05, 3.63) is 59.7 Å². The molecule has 1 aliphatic carbocycles. The van der Waals surface area contributed by atoms with Crippen LogP contribution in [0.1, 0.15) is 17.2 Å². The van der Waals surface area contributed by atoms with E-state index in [-0.39, 0.29) is 12.6 Å². The Morgan fingerprint density at radius 3 is 1.94 bits per heavy atom. The highest BCUT2D eigenvalue weighted by Crippen LogP contribution is 2.45. The predicted octanol–water partition coefficient (Wildman–Crippen LogP) is 2.68. The Bertz CT molecular complexity index is 519. The van der Waals surface area contributed by atoms with Gasteiger partial charge in [0.25, 0.3) is 0 Å². The van der Waals surface area contributed by atoms with Crippen LogP contribution in [0.4, 0.5) is 0 Å². The van der Waals surface area contributed by atoms with Crippen LogP contribution in [-0.4, -0.2) is 30.2 Å². The molecule has 0 amide bonds. The number of rotatable bonds is 3. The molecule has 2 nitrogen and oxygen atoms in total. The fourth-order valence-corrected chi connectivity index (χ4v) is 2.89. The summed E-state index contributed by atoms with van der Waals surface area (Å²) in [6, 6.07) is 17.4. The van der Waals surface area contributed by atoms with Crippen molar-refractivity contribution in [3.63, 3.8) is 0 Å². The standard InChI is InChI=1S/C16H17NO/c1-17(10-11-18)16-14-8-4-2-6-12(14)13-7-3-5-9-15(13)16/h2-9,16,18H,10-11H2,1H3. The van der Waals surface area contributed by atoms with E-state index in [9.17, 15) is 0 Å². The third-order valence-electron chi connectivity index (χ3n) is 3.69. The minimum Gasteiger partial charge on any atom is -0.395 e. The number of hydrogen-bond donors (Lipinski definition) is 1. The lowest BCUT2D eigenvalue weighted by atomic mass is 10.0. The second kappa shape index (κ2) is 4.56. The Hall–Kier alpha value is -1.64. The van der Waals surface area contributed by atoms with Gasteiger partial charge in [-0.25, -0.2) is 0 Å². The van der Waals surface area contributed by atoms with Gasteiger partial charge in [0.2, 0.25) is 0 Å². The summed E-state index contributed by atoms with van der Waals surface area (Å²) in [7, 11) is 2.07. The van der Waals surface area contributed by atoms with Crippen LogP contribution in [0, 0.1) is 0 Å². The summed E-state index contributed by atoms with van der Waals surface area (Å²) < 4.78 is 0. The second-order valence-electron chi connectivity index (χ2n) is 4.78. The number of aliphatic hydroxyl groups excluding tert-OH is 1. The van der Waals surface area contributed by atoms with Gasteiger partial charge in [0.1, 0.15) is 0 Å². The first-order valence-corrected chi connectivity index (χ1v) is 6.32. The van der Waals surface area contributed by atoms with Crippen molar-refractivity contribution in [1.29, 1.82) is 0 Å². The van der Waals surface area contributed by atoms with Crippen LogP contribution < -0.4 is 0 Å². The van der Waals surface area contributed by atoms with Gasteiger partial charge in [-0.2, -0.15) is 0 Å². The van der Waals surface area contributed by atoms with E-state index < -0.39 is 0 Å². The van der Waals surface area contributed by atoms with Crippen molar-refractivity contribution in [2.75, 3.05) is 20.2 Å². The van der Waals surface area contributed by atoms with Crippen LogP contribution in [-0.2, 0) is 0 Å². The van der Waals surface area contributed by atoms with Crippen LogP contribution in [0.3, 0.4) is 0 Å². The van der Waals surface area contributed by atoms with Crippen LogP contribution in [0.25, 0.3) is 11.1 Å². The lowest BCUT2D eigenvalue weighted by Gasteiger charge is -2.25. The molecule has 0 atom stereocenters. The van der Waals surface area contributed by atoms with Gasteiger partial charge in [-0.15, -0.1) is 0 Å². The molecule has 18 heavy (non-hydrogen) atoms. The van der Waals surface area contributed by atoms with Crippen molar-refractivity contribution in [2.24, 2.45) is 0 Å². The zero-order valence-corrected chi connectivity index (χ0v) is 10.5. The summed E-state index contributed by atoms with van der Waals surface area (Å²) in [6.45, 7) is 0.880. The van der Waals surface area contributed by atoms with E-state index in [0.29, 0.717) is 6.54 Å². The number of aliphatic hydroxyl groups is 1. The molecule has 92 valence electrons. The zero-order chi connectivity index (χ0) is 12.5. The summed E-state index contributed by atoms with van der Waals surface area (Å²) in [5.74, 6) is 0. The maximum atomic E-state index is 9.15. The molecule has 1 aliphatic rings. The molecule has 0 unspecified atom stereocenters. The van der Waals surface area contributed by atoms with E-state index in [1.165, 1.54) is 22.3 Å². The maximum Gasteiger partial charge on any atom is 0.0612 e. The lowest BCUT2D eigenvalue weighted by Crippen LogP contribution is -2.27. The molecular weight excluding hydrogens is 222 g/mol. The molecule has 2 heteroatoms. The normalized spacial score (nSPS) is 13.7. The summed E-state index contributed by atoms with van der Waals surface area (Å²) in [6.07, 6.45) is 0. The second-order valence-corrected chi connectivity index (χ2v) is 4.78. The van der Waals surface area contributed by atoms with Gasteiger partial charge >= 0.3 is 0 Å². The van der Waals surface area contributed by atoms with Crippen LogP contribution in [0.2, 0.25) is 0 Å². The average Bonchev–Trinajstić information content (AvgIpc) is 2.73. The summed E-state index contributed by atoms with van der Waals surface area (Å²) in [5.41, 5.74) is 5.33. The van der Waals surface area contributed by atoms with E-state index in [1.807, 2.05) is 0 Å². The molecule has 0 spiro atoms. The fraction of sp³-hybridized carbons (Fsp3) is 0.250. The Labute approximate surface area is 107 Å². The Morgan fingerprint density at radius 2 is 1.44 bits per heavy atom. The zero-order valence-electron chi connectivity index (χ0n) is 10.5. The molecule has 0 aromatic heterocycles. The molecule has 0 saturated heterocycles.